The van der Waals surface area contributed by atoms with E-state index in [2.05, 4.69) is 6.92 Å². The van der Waals surface area contributed by atoms with E-state index in [-0.39, 0.29) is 13.2 Å². The molecule has 1 aromatic carbocycles. The molecule has 3 nitrogen and oxygen atoms in total. The molecule has 6 heteroatoms. The van der Waals surface area contributed by atoms with Crippen LogP contribution < -0.4 is 0 Å². The Bertz CT molecular complexity index is 635. The fraction of sp³-hybridized carbons (Fsp3) is 0.625. The van der Waals surface area contributed by atoms with Crippen molar-refractivity contribution in [3.63, 3.8) is 0 Å². The van der Waals surface area contributed by atoms with Crippen molar-refractivity contribution in [2.24, 2.45) is 0 Å². The van der Waals surface area contributed by atoms with Gasteiger partial charge < -0.3 is 4.74 Å². The second kappa shape index (κ2) is 15.6. The van der Waals surface area contributed by atoms with Gasteiger partial charge in [-0.2, -0.15) is 13.2 Å². The van der Waals surface area contributed by atoms with Crippen molar-refractivity contribution >= 4 is 6.09 Å². The zero-order chi connectivity index (χ0) is 22.1. The molecule has 0 N–H and O–H groups in total. The molecule has 0 saturated carbocycles. The molecule has 1 aromatic rings. The first-order chi connectivity index (χ1) is 14.4. The van der Waals surface area contributed by atoms with E-state index in [1.54, 1.807) is 0 Å². The molecular formula is C24H34F3NO2. The number of hydrogen-bond acceptors (Lipinski definition) is 2. The van der Waals surface area contributed by atoms with Crippen LogP contribution in [0.15, 0.2) is 30.3 Å². The van der Waals surface area contributed by atoms with Gasteiger partial charge in [0.05, 0.1) is 6.54 Å². The van der Waals surface area contributed by atoms with Crippen molar-refractivity contribution < 1.29 is 22.7 Å². The van der Waals surface area contributed by atoms with Gasteiger partial charge >= 0.3 is 12.3 Å². The normalized spacial score (nSPS) is 10.9. The summed E-state index contributed by atoms with van der Waals surface area (Å²) < 4.78 is 42.1. The van der Waals surface area contributed by atoms with Crippen LogP contribution in [0.25, 0.3) is 0 Å². The van der Waals surface area contributed by atoms with Crippen LogP contribution in [-0.2, 0) is 11.3 Å². The van der Waals surface area contributed by atoms with Gasteiger partial charge in [0.25, 0.3) is 0 Å². The van der Waals surface area contributed by atoms with Crippen LogP contribution in [0.5, 0.6) is 0 Å². The highest BCUT2D eigenvalue weighted by Crippen LogP contribution is 2.13. The predicted molar refractivity (Wildman–Crippen MR) is 114 cm³/mol. The SMILES string of the molecule is CCCCCCCCCCCCN(CC#CC(F)(F)F)C(=O)OCc1ccccc1. The number of amides is 1. The highest BCUT2D eigenvalue weighted by atomic mass is 19.4. The first-order valence-corrected chi connectivity index (χ1v) is 10.9. The lowest BCUT2D eigenvalue weighted by Gasteiger charge is -2.20. The molecule has 0 bridgehead atoms. The lowest BCUT2D eigenvalue weighted by molar-refractivity contribution is -0.0698. The molecule has 0 aromatic heterocycles. The van der Waals surface area contributed by atoms with Gasteiger partial charge in [-0.1, -0.05) is 101 Å². The average molecular weight is 426 g/mol. The zero-order valence-corrected chi connectivity index (χ0v) is 18.0. The van der Waals surface area contributed by atoms with Crippen molar-refractivity contribution in [1.82, 2.24) is 4.90 Å². The van der Waals surface area contributed by atoms with Crippen LogP contribution in [-0.4, -0.2) is 30.3 Å². The summed E-state index contributed by atoms with van der Waals surface area (Å²) in [6, 6.07) is 9.17. The van der Waals surface area contributed by atoms with Gasteiger partial charge in [-0.15, -0.1) is 0 Å². The third-order valence-corrected chi connectivity index (χ3v) is 4.74. The standard InChI is InChI=1S/C24H34F3NO2/c1-2-3-4-5-6-7-8-9-10-14-19-28(20-15-18-24(25,26)27)23(29)30-21-22-16-12-11-13-17-22/h11-13,16-17H,2-10,14,19-21H2,1H3. The number of ether oxygens (including phenoxy) is 1. The third-order valence-electron chi connectivity index (χ3n) is 4.74. The van der Waals surface area contributed by atoms with Gasteiger partial charge in [0.15, 0.2) is 0 Å². The van der Waals surface area contributed by atoms with Crippen LogP contribution in [0.3, 0.4) is 0 Å². The summed E-state index contributed by atoms with van der Waals surface area (Å²) in [7, 11) is 0. The van der Waals surface area contributed by atoms with E-state index in [4.69, 9.17) is 4.74 Å². The second-order valence-corrected chi connectivity index (χ2v) is 7.44. The van der Waals surface area contributed by atoms with Gasteiger partial charge in [0.1, 0.15) is 6.61 Å². The molecule has 1 amide bonds. The molecule has 0 aliphatic carbocycles. The summed E-state index contributed by atoms with van der Waals surface area (Å²) in [5, 5.41) is 0. The Balaban J connectivity index is 2.36. The van der Waals surface area contributed by atoms with E-state index in [0.717, 1.165) is 31.2 Å². The topological polar surface area (TPSA) is 29.5 Å². The Morgan fingerprint density at radius 2 is 1.50 bits per heavy atom. The van der Waals surface area contributed by atoms with Crippen LogP contribution in [0.1, 0.15) is 76.7 Å². The Hall–Kier alpha value is -2.16. The third kappa shape index (κ3) is 13.9. The number of hydrogen-bond donors (Lipinski definition) is 0. The highest BCUT2D eigenvalue weighted by Gasteiger charge is 2.23. The molecule has 0 unspecified atom stereocenters. The van der Waals surface area contributed by atoms with E-state index < -0.39 is 12.3 Å². The van der Waals surface area contributed by atoms with E-state index in [1.165, 1.54) is 49.3 Å². The highest BCUT2D eigenvalue weighted by molar-refractivity contribution is 5.68. The van der Waals surface area contributed by atoms with E-state index >= 15 is 0 Å². The van der Waals surface area contributed by atoms with E-state index in [9.17, 15) is 18.0 Å². The average Bonchev–Trinajstić information content (AvgIpc) is 2.72. The fourth-order valence-electron chi connectivity index (χ4n) is 3.07. The maximum absolute atomic E-state index is 12.3. The van der Waals surface area contributed by atoms with Gasteiger partial charge in [-0.25, -0.2) is 4.79 Å². The number of rotatable bonds is 14. The van der Waals surface area contributed by atoms with Gasteiger partial charge in [-0.3, -0.25) is 4.90 Å². The molecule has 30 heavy (non-hydrogen) atoms. The minimum atomic E-state index is -4.56. The largest absolute Gasteiger partial charge is 0.457 e. The Labute approximate surface area is 179 Å². The van der Waals surface area contributed by atoms with E-state index in [0.29, 0.717) is 6.54 Å². The molecule has 0 atom stereocenters. The molecule has 0 saturated heterocycles. The number of halogens is 3. The molecule has 0 fully saturated rings. The first-order valence-electron chi connectivity index (χ1n) is 10.9. The Morgan fingerprint density at radius 1 is 0.933 bits per heavy atom. The predicted octanol–water partition coefficient (Wildman–Crippen LogP) is 7.11. The minimum absolute atomic E-state index is 0.0842. The van der Waals surface area contributed by atoms with Crippen molar-refractivity contribution in [3.05, 3.63) is 35.9 Å². The lowest BCUT2D eigenvalue weighted by Crippen LogP contribution is -2.33. The smallest absolute Gasteiger partial charge is 0.445 e. The van der Waals surface area contributed by atoms with E-state index in [1.807, 2.05) is 36.3 Å². The monoisotopic (exact) mass is 425 g/mol. The van der Waals surface area contributed by atoms with Gasteiger partial charge in [0.2, 0.25) is 0 Å². The molecule has 1 rings (SSSR count). The van der Waals surface area contributed by atoms with Crippen molar-refractivity contribution in [3.8, 4) is 11.8 Å². The summed E-state index contributed by atoms with van der Waals surface area (Å²) in [6.07, 6.45) is 6.28. The van der Waals surface area contributed by atoms with Crippen molar-refractivity contribution in [2.75, 3.05) is 13.1 Å². The summed E-state index contributed by atoms with van der Waals surface area (Å²) in [4.78, 5) is 13.6. The molecular weight excluding hydrogens is 391 g/mol. The molecule has 0 heterocycles. The Kier molecular flexibility index (Phi) is 13.5. The minimum Gasteiger partial charge on any atom is -0.445 e. The summed E-state index contributed by atoms with van der Waals surface area (Å²) in [5.41, 5.74) is 0.825. The van der Waals surface area contributed by atoms with Gasteiger partial charge in [-0.05, 0) is 12.0 Å². The summed E-state index contributed by atoms with van der Waals surface area (Å²) in [6.45, 7) is 2.34. The molecule has 0 aliphatic heterocycles. The van der Waals surface area contributed by atoms with Crippen LogP contribution in [0.2, 0.25) is 0 Å². The zero-order valence-electron chi connectivity index (χ0n) is 18.0. The molecule has 0 aliphatic rings. The lowest BCUT2D eigenvalue weighted by atomic mass is 10.1. The number of alkyl halides is 3. The first kappa shape index (κ1) is 25.9. The Morgan fingerprint density at radius 3 is 2.07 bits per heavy atom. The maximum Gasteiger partial charge on any atom is 0.457 e. The number of carbonyl (C=O) groups is 1. The molecule has 168 valence electrons. The van der Waals surface area contributed by atoms with Crippen LogP contribution in [0.4, 0.5) is 18.0 Å². The van der Waals surface area contributed by atoms with Crippen LogP contribution in [0, 0.1) is 11.8 Å². The number of unbranched alkanes of at least 4 members (excludes halogenated alkanes) is 9. The number of benzene rings is 1. The van der Waals surface area contributed by atoms with Crippen molar-refractivity contribution in [1.29, 1.82) is 0 Å². The van der Waals surface area contributed by atoms with Crippen molar-refractivity contribution in [2.45, 2.75) is 83.9 Å². The summed E-state index contributed by atoms with van der Waals surface area (Å²) in [5.74, 6) is 3.26. The number of nitrogens with zero attached hydrogens (tertiary/aromatic N) is 1. The maximum atomic E-state index is 12.3. The second-order valence-electron chi connectivity index (χ2n) is 7.44. The van der Waals surface area contributed by atoms with Crippen LogP contribution >= 0.6 is 0 Å². The quantitative estimate of drug-likeness (QED) is 0.235. The molecule has 0 radical (unpaired) electrons. The van der Waals surface area contributed by atoms with Gasteiger partial charge in [0, 0.05) is 12.5 Å². The molecule has 0 spiro atoms. The fourth-order valence-corrected chi connectivity index (χ4v) is 3.07. The number of carbonyl (C=O) groups excluding carboxylic acids is 1. The summed E-state index contributed by atoms with van der Waals surface area (Å²) >= 11 is 0.